The van der Waals surface area contributed by atoms with Crippen LogP contribution in [0.4, 0.5) is 0 Å². The lowest BCUT2D eigenvalue weighted by atomic mass is 10.2. The van der Waals surface area contributed by atoms with Gasteiger partial charge in [0.1, 0.15) is 17.6 Å². The zero-order valence-corrected chi connectivity index (χ0v) is 12.9. The standard InChI is InChI=1S/C17H18N2O4/c1-12-7-15(9-17(21)22-12)23-14-4-6-19(11-14)16(20)8-13-3-2-5-18-10-13/h2-3,5,7,9-10,14H,4,6,8,11H2,1H3. The van der Waals surface area contributed by atoms with E-state index in [4.69, 9.17) is 9.15 Å². The Morgan fingerprint density at radius 3 is 3.09 bits per heavy atom. The summed E-state index contributed by atoms with van der Waals surface area (Å²) >= 11 is 0. The van der Waals surface area contributed by atoms with Crippen LogP contribution in [-0.4, -0.2) is 35.0 Å². The molecule has 120 valence electrons. The lowest BCUT2D eigenvalue weighted by Crippen LogP contribution is -2.32. The molecular formula is C17H18N2O4. The summed E-state index contributed by atoms with van der Waals surface area (Å²) in [6, 6.07) is 6.72. The van der Waals surface area contributed by atoms with Gasteiger partial charge in [-0.25, -0.2) is 4.79 Å². The van der Waals surface area contributed by atoms with E-state index < -0.39 is 5.63 Å². The summed E-state index contributed by atoms with van der Waals surface area (Å²) in [6.07, 6.45) is 4.38. The van der Waals surface area contributed by atoms with Gasteiger partial charge in [0.05, 0.1) is 19.0 Å². The van der Waals surface area contributed by atoms with Crippen LogP contribution in [0.1, 0.15) is 17.7 Å². The largest absolute Gasteiger partial charge is 0.488 e. The number of hydrogen-bond donors (Lipinski definition) is 0. The summed E-state index contributed by atoms with van der Waals surface area (Å²) in [6.45, 7) is 2.88. The van der Waals surface area contributed by atoms with Crippen LogP contribution in [0.5, 0.6) is 5.75 Å². The first kappa shape index (κ1) is 15.3. The van der Waals surface area contributed by atoms with Crippen molar-refractivity contribution >= 4 is 5.91 Å². The van der Waals surface area contributed by atoms with Gasteiger partial charge in [-0.1, -0.05) is 6.07 Å². The van der Waals surface area contributed by atoms with Crippen molar-refractivity contribution in [2.45, 2.75) is 25.9 Å². The number of aryl methyl sites for hydroxylation is 1. The van der Waals surface area contributed by atoms with Crippen LogP contribution < -0.4 is 10.4 Å². The van der Waals surface area contributed by atoms with Crippen LogP contribution in [0, 0.1) is 6.92 Å². The monoisotopic (exact) mass is 314 g/mol. The van der Waals surface area contributed by atoms with Crippen molar-refractivity contribution in [2.75, 3.05) is 13.1 Å². The third kappa shape index (κ3) is 3.97. The Hall–Kier alpha value is -2.63. The third-order valence-electron chi connectivity index (χ3n) is 3.75. The number of nitrogens with zero attached hydrogens (tertiary/aromatic N) is 2. The molecule has 0 aromatic carbocycles. The lowest BCUT2D eigenvalue weighted by molar-refractivity contribution is -0.129. The highest BCUT2D eigenvalue weighted by Gasteiger charge is 2.27. The van der Waals surface area contributed by atoms with E-state index in [9.17, 15) is 9.59 Å². The molecule has 0 aliphatic carbocycles. The van der Waals surface area contributed by atoms with Gasteiger partial charge in [-0.05, 0) is 18.6 Å². The molecule has 1 aliphatic rings. The summed E-state index contributed by atoms with van der Waals surface area (Å²) in [4.78, 5) is 29.4. The Balaban J connectivity index is 1.57. The number of carbonyl (C=O) groups excluding carboxylic acids is 1. The normalized spacial score (nSPS) is 17.3. The van der Waals surface area contributed by atoms with Crippen LogP contribution in [0.2, 0.25) is 0 Å². The SMILES string of the molecule is Cc1cc(OC2CCN(C(=O)Cc3cccnc3)C2)cc(=O)o1. The number of ether oxygens (including phenoxy) is 1. The van der Waals surface area contributed by atoms with Gasteiger partial charge < -0.3 is 14.1 Å². The number of aromatic nitrogens is 1. The molecule has 2 aromatic heterocycles. The minimum Gasteiger partial charge on any atom is -0.488 e. The smallest absolute Gasteiger partial charge is 0.339 e. The molecule has 3 heterocycles. The summed E-state index contributed by atoms with van der Waals surface area (Å²) in [5.74, 6) is 1.06. The summed E-state index contributed by atoms with van der Waals surface area (Å²) in [5.41, 5.74) is 0.473. The van der Waals surface area contributed by atoms with Crippen LogP contribution in [0.15, 0.2) is 45.9 Å². The predicted molar refractivity (Wildman–Crippen MR) is 83.3 cm³/mol. The van der Waals surface area contributed by atoms with E-state index in [1.165, 1.54) is 6.07 Å². The molecule has 0 spiro atoms. The van der Waals surface area contributed by atoms with Gasteiger partial charge in [-0.15, -0.1) is 0 Å². The van der Waals surface area contributed by atoms with Gasteiger partial charge in [0.2, 0.25) is 5.91 Å². The van der Waals surface area contributed by atoms with Crippen molar-refractivity contribution in [1.82, 2.24) is 9.88 Å². The zero-order chi connectivity index (χ0) is 16.2. The van der Waals surface area contributed by atoms with E-state index in [0.29, 0.717) is 31.0 Å². The molecule has 23 heavy (non-hydrogen) atoms. The van der Waals surface area contributed by atoms with Crippen LogP contribution >= 0.6 is 0 Å². The summed E-state index contributed by atoms with van der Waals surface area (Å²) in [7, 11) is 0. The van der Waals surface area contributed by atoms with E-state index in [2.05, 4.69) is 4.98 Å². The Kier molecular flexibility index (Phi) is 4.41. The van der Waals surface area contributed by atoms with Crippen LogP contribution in [-0.2, 0) is 11.2 Å². The van der Waals surface area contributed by atoms with Crippen molar-refractivity contribution in [1.29, 1.82) is 0 Å². The number of pyridine rings is 1. The fourth-order valence-electron chi connectivity index (χ4n) is 2.68. The van der Waals surface area contributed by atoms with E-state index in [-0.39, 0.29) is 12.0 Å². The molecule has 1 aliphatic heterocycles. The lowest BCUT2D eigenvalue weighted by Gasteiger charge is -2.17. The number of amides is 1. The Bertz CT molecular complexity index is 742. The first-order valence-corrected chi connectivity index (χ1v) is 7.55. The van der Waals surface area contributed by atoms with E-state index in [0.717, 1.165) is 12.0 Å². The molecule has 2 aromatic rings. The molecule has 3 rings (SSSR count). The quantitative estimate of drug-likeness (QED) is 0.856. The first-order chi connectivity index (χ1) is 11.1. The summed E-state index contributed by atoms with van der Waals surface area (Å²) < 4.78 is 10.7. The molecule has 0 N–H and O–H groups in total. The van der Waals surface area contributed by atoms with Gasteiger partial charge in [0.25, 0.3) is 0 Å². The Labute approximate surface area is 133 Å². The van der Waals surface area contributed by atoms with Gasteiger partial charge in [0.15, 0.2) is 0 Å². The average molecular weight is 314 g/mol. The zero-order valence-electron chi connectivity index (χ0n) is 12.9. The fourth-order valence-corrected chi connectivity index (χ4v) is 2.68. The van der Waals surface area contributed by atoms with Crippen LogP contribution in [0.3, 0.4) is 0 Å². The summed E-state index contributed by atoms with van der Waals surface area (Å²) in [5, 5.41) is 0. The molecule has 0 saturated carbocycles. The Morgan fingerprint density at radius 1 is 1.48 bits per heavy atom. The molecule has 6 nitrogen and oxygen atoms in total. The molecule has 1 atom stereocenters. The highest BCUT2D eigenvalue weighted by atomic mass is 16.5. The van der Waals surface area contributed by atoms with Gasteiger partial charge in [-0.3, -0.25) is 9.78 Å². The Morgan fingerprint density at radius 2 is 2.35 bits per heavy atom. The van der Waals surface area contributed by atoms with Crippen molar-refractivity contribution < 1.29 is 13.9 Å². The molecule has 1 unspecified atom stereocenters. The highest BCUT2D eigenvalue weighted by Crippen LogP contribution is 2.19. The average Bonchev–Trinajstić information content (AvgIpc) is 2.96. The van der Waals surface area contributed by atoms with Crippen molar-refractivity contribution in [2.24, 2.45) is 0 Å². The van der Waals surface area contributed by atoms with Crippen molar-refractivity contribution in [3.05, 3.63) is 58.4 Å². The van der Waals surface area contributed by atoms with E-state index in [1.54, 1.807) is 30.3 Å². The molecule has 6 heteroatoms. The number of hydrogen-bond acceptors (Lipinski definition) is 5. The number of likely N-dealkylation sites (tertiary alicyclic amines) is 1. The first-order valence-electron chi connectivity index (χ1n) is 7.55. The molecule has 1 fully saturated rings. The third-order valence-corrected chi connectivity index (χ3v) is 3.75. The number of carbonyl (C=O) groups is 1. The molecular weight excluding hydrogens is 296 g/mol. The second-order valence-electron chi connectivity index (χ2n) is 5.63. The van der Waals surface area contributed by atoms with E-state index in [1.807, 2.05) is 12.1 Å². The minimum atomic E-state index is -0.428. The van der Waals surface area contributed by atoms with Gasteiger partial charge in [0, 0.05) is 31.4 Å². The number of rotatable bonds is 4. The minimum absolute atomic E-state index is 0.0628. The van der Waals surface area contributed by atoms with Gasteiger partial charge in [-0.2, -0.15) is 0 Å². The topological polar surface area (TPSA) is 72.6 Å². The van der Waals surface area contributed by atoms with Crippen LogP contribution in [0.25, 0.3) is 0 Å². The maximum absolute atomic E-state index is 12.3. The molecule has 0 radical (unpaired) electrons. The maximum Gasteiger partial charge on any atom is 0.339 e. The molecule has 1 saturated heterocycles. The maximum atomic E-state index is 12.3. The van der Waals surface area contributed by atoms with Crippen molar-refractivity contribution in [3.8, 4) is 5.75 Å². The van der Waals surface area contributed by atoms with E-state index >= 15 is 0 Å². The molecule has 1 amide bonds. The predicted octanol–water partition coefficient (Wildman–Crippen LogP) is 1.57. The van der Waals surface area contributed by atoms with Gasteiger partial charge >= 0.3 is 5.63 Å². The second-order valence-corrected chi connectivity index (χ2v) is 5.63. The molecule has 0 bridgehead atoms. The highest BCUT2D eigenvalue weighted by molar-refractivity contribution is 5.79. The fraction of sp³-hybridized carbons (Fsp3) is 0.353. The second kappa shape index (κ2) is 6.64. The van der Waals surface area contributed by atoms with Crippen molar-refractivity contribution in [3.63, 3.8) is 0 Å².